The van der Waals surface area contributed by atoms with Gasteiger partial charge in [0.05, 0.1) is 5.69 Å². The lowest BCUT2D eigenvalue weighted by molar-refractivity contribution is 0.0697. The summed E-state index contributed by atoms with van der Waals surface area (Å²) in [5.41, 5.74) is 2.01. The third-order valence-electron chi connectivity index (χ3n) is 4.74. The first-order valence-corrected chi connectivity index (χ1v) is 7.23. The molecule has 3 rings (SSSR count). The number of hydrogen-bond acceptors (Lipinski definition) is 4. The van der Waals surface area contributed by atoms with Crippen molar-refractivity contribution in [2.75, 3.05) is 25.0 Å². The van der Waals surface area contributed by atoms with Gasteiger partial charge in [-0.1, -0.05) is 0 Å². The molecule has 3 heterocycles. The van der Waals surface area contributed by atoms with Crippen LogP contribution in [0.5, 0.6) is 0 Å². The van der Waals surface area contributed by atoms with E-state index >= 15 is 0 Å². The number of fused-ring (bicyclic) bond motifs is 2. The zero-order valence-corrected chi connectivity index (χ0v) is 12.0. The second kappa shape index (κ2) is 5.05. The van der Waals surface area contributed by atoms with Crippen molar-refractivity contribution in [1.29, 1.82) is 0 Å². The summed E-state index contributed by atoms with van der Waals surface area (Å²) in [7, 11) is 2.20. The first-order valence-electron chi connectivity index (χ1n) is 7.23. The number of pyridine rings is 1. The Morgan fingerprint density at radius 1 is 1.35 bits per heavy atom. The van der Waals surface area contributed by atoms with Gasteiger partial charge in [0.25, 0.3) is 0 Å². The highest BCUT2D eigenvalue weighted by Crippen LogP contribution is 2.32. The molecule has 2 bridgehead atoms. The van der Waals surface area contributed by atoms with Gasteiger partial charge < -0.3 is 10.0 Å². The molecule has 20 heavy (non-hydrogen) atoms. The van der Waals surface area contributed by atoms with Crippen molar-refractivity contribution in [3.8, 4) is 0 Å². The van der Waals surface area contributed by atoms with Crippen LogP contribution < -0.4 is 4.90 Å². The second-order valence-corrected chi connectivity index (χ2v) is 5.93. The lowest BCUT2D eigenvalue weighted by Gasteiger charge is -2.28. The summed E-state index contributed by atoms with van der Waals surface area (Å²) in [6.07, 6.45) is 5.08. The maximum Gasteiger partial charge on any atom is 0.339 e. The Morgan fingerprint density at radius 3 is 2.85 bits per heavy atom. The number of carboxylic acid groups (broad SMARTS) is 1. The van der Waals surface area contributed by atoms with E-state index in [1.807, 2.05) is 13.0 Å². The van der Waals surface area contributed by atoms with E-state index in [0.29, 0.717) is 17.6 Å². The number of carboxylic acids is 1. The molecular weight excluding hydrogens is 254 g/mol. The summed E-state index contributed by atoms with van der Waals surface area (Å²) in [6.45, 7) is 3.75. The van der Waals surface area contributed by atoms with Crippen molar-refractivity contribution < 1.29 is 9.90 Å². The van der Waals surface area contributed by atoms with E-state index in [-0.39, 0.29) is 0 Å². The highest BCUT2D eigenvalue weighted by atomic mass is 16.4. The minimum Gasteiger partial charge on any atom is -0.478 e. The van der Waals surface area contributed by atoms with Crippen LogP contribution in [0.3, 0.4) is 0 Å². The third-order valence-corrected chi connectivity index (χ3v) is 4.74. The molecule has 2 unspecified atom stereocenters. The van der Waals surface area contributed by atoms with Crippen molar-refractivity contribution in [3.05, 3.63) is 23.5 Å². The molecule has 0 saturated carbocycles. The van der Waals surface area contributed by atoms with E-state index < -0.39 is 5.97 Å². The van der Waals surface area contributed by atoms with Crippen LogP contribution in [0.25, 0.3) is 0 Å². The van der Waals surface area contributed by atoms with Crippen LogP contribution in [0.4, 0.5) is 5.69 Å². The fraction of sp³-hybridized carbons (Fsp3) is 0.600. The Balaban J connectivity index is 1.93. The number of carbonyl (C=O) groups is 1. The van der Waals surface area contributed by atoms with Gasteiger partial charge in [-0.05, 0) is 39.3 Å². The average Bonchev–Trinajstić information content (AvgIpc) is 2.62. The minimum atomic E-state index is -0.893. The number of hydrogen-bond donors (Lipinski definition) is 1. The topological polar surface area (TPSA) is 56.7 Å². The van der Waals surface area contributed by atoms with Gasteiger partial charge in [-0.2, -0.15) is 0 Å². The van der Waals surface area contributed by atoms with Gasteiger partial charge >= 0.3 is 5.97 Å². The van der Waals surface area contributed by atoms with Gasteiger partial charge in [0.1, 0.15) is 5.56 Å². The molecule has 0 spiro atoms. The van der Waals surface area contributed by atoms with Crippen LogP contribution in [0.1, 0.15) is 35.3 Å². The summed E-state index contributed by atoms with van der Waals surface area (Å²) in [6, 6.07) is 3.10. The molecule has 2 atom stereocenters. The number of aromatic carboxylic acids is 1. The number of anilines is 1. The van der Waals surface area contributed by atoms with Crippen LogP contribution in [0.2, 0.25) is 0 Å². The van der Waals surface area contributed by atoms with Crippen molar-refractivity contribution in [2.45, 2.75) is 38.3 Å². The molecule has 2 saturated heterocycles. The molecule has 108 valence electrons. The molecular formula is C15H21N3O2. The average molecular weight is 275 g/mol. The first kappa shape index (κ1) is 13.4. The van der Waals surface area contributed by atoms with Crippen LogP contribution in [0.15, 0.2) is 12.3 Å². The van der Waals surface area contributed by atoms with Crippen molar-refractivity contribution in [1.82, 2.24) is 9.88 Å². The molecule has 1 aromatic heterocycles. The molecule has 5 nitrogen and oxygen atoms in total. The van der Waals surface area contributed by atoms with Gasteiger partial charge in [-0.15, -0.1) is 0 Å². The summed E-state index contributed by atoms with van der Waals surface area (Å²) in [5, 5.41) is 9.36. The number of nitrogens with zero attached hydrogens (tertiary/aromatic N) is 3. The number of aryl methyl sites for hydroxylation is 1. The molecule has 1 N–H and O–H groups in total. The van der Waals surface area contributed by atoms with Crippen LogP contribution in [-0.2, 0) is 0 Å². The number of rotatable bonds is 2. The van der Waals surface area contributed by atoms with E-state index in [0.717, 1.165) is 30.9 Å². The Labute approximate surface area is 119 Å². The quantitative estimate of drug-likeness (QED) is 0.891. The number of likely N-dealkylation sites (N-methyl/N-ethyl adjacent to an activating group) is 1. The molecule has 5 heteroatoms. The maximum absolute atomic E-state index is 11.4. The van der Waals surface area contributed by atoms with E-state index in [1.54, 1.807) is 0 Å². The second-order valence-electron chi connectivity index (χ2n) is 5.93. The Morgan fingerprint density at radius 2 is 2.10 bits per heavy atom. The van der Waals surface area contributed by atoms with Crippen LogP contribution >= 0.6 is 0 Å². The molecule has 0 radical (unpaired) electrons. The Kier molecular flexibility index (Phi) is 3.38. The van der Waals surface area contributed by atoms with E-state index in [2.05, 4.69) is 21.8 Å². The molecule has 2 fully saturated rings. The molecule has 2 aliphatic rings. The van der Waals surface area contributed by atoms with Crippen molar-refractivity contribution in [3.63, 3.8) is 0 Å². The van der Waals surface area contributed by atoms with Crippen molar-refractivity contribution >= 4 is 11.7 Å². The fourth-order valence-corrected chi connectivity index (χ4v) is 3.50. The fourth-order valence-electron chi connectivity index (χ4n) is 3.50. The highest BCUT2D eigenvalue weighted by Gasteiger charge is 2.35. The van der Waals surface area contributed by atoms with E-state index in [4.69, 9.17) is 0 Å². The Hall–Kier alpha value is -1.62. The zero-order chi connectivity index (χ0) is 14.3. The predicted molar refractivity (Wildman–Crippen MR) is 77.3 cm³/mol. The molecule has 2 aliphatic heterocycles. The molecule has 1 aromatic rings. The largest absolute Gasteiger partial charge is 0.478 e. The maximum atomic E-state index is 11.4. The van der Waals surface area contributed by atoms with Gasteiger partial charge in [0, 0.05) is 37.1 Å². The summed E-state index contributed by atoms with van der Waals surface area (Å²) >= 11 is 0. The lowest BCUT2D eigenvalue weighted by atomic mass is 10.1. The van der Waals surface area contributed by atoms with Gasteiger partial charge in [0.2, 0.25) is 0 Å². The van der Waals surface area contributed by atoms with Crippen LogP contribution in [-0.4, -0.2) is 53.2 Å². The number of aromatic nitrogens is 1. The standard InChI is InChI=1S/C15H21N3O2/c1-10-7-14(13(8-16-10)15(19)20)18-6-5-11-3-4-12(9-18)17(11)2/h7-8,11-12H,3-6,9H2,1-2H3,(H,19,20). The molecule has 0 amide bonds. The van der Waals surface area contributed by atoms with E-state index in [9.17, 15) is 9.90 Å². The SMILES string of the molecule is Cc1cc(N2CCC3CCC(C2)N3C)c(C(=O)O)cn1. The van der Waals surface area contributed by atoms with Crippen LogP contribution in [0, 0.1) is 6.92 Å². The highest BCUT2D eigenvalue weighted by molar-refractivity contribution is 5.94. The summed E-state index contributed by atoms with van der Waals surface area (Å²) in [4.78, 5) is 20.2. The monoisotopic (exact) mass is 275 g/mol. The third kappa shape index (κ3) is 2.26. The molecule has 0 aliphatic carbocycles. The molecule has 0 aromatic carbocycles. The van der Waals surface area contributed by atoms with Gasteiger partial charge in [0.15, 0.2) is 0 Å². The predicted octanol–water partition coefficient (Wildman–Crippen LogP) is 1.76. The Bertz CT molecular complexity index is 532. The smallest absolute Gasteiger partial charge is 0.339 e. The zero-order valence-electron chi connectivity index (χ0n) is 12.0. The van der Waals surface area contributed by atoms with Crippen molar-refractivity contribution in [2.24, 2.45) is 0 Å². The summed E-state index contributed by atoms with van der Waals surface area (Å²) < 4.78 is 0. The van der Waals surface area contributed by atoms with Gasteiger partial charge in [-0.3, -0.25) is 9.88 Å². The van der Waals surface area contributed by atoms with E-state index in [1.165, 1.54) is 19.0 Å². The summed E-state index contributed by atoms with van der Waals surface area (Å²) in [5.74, 6) is -0.893. The first-order chi connectivity index (χ1) is 9.56. The normalized spacial score (nSPS) is 26.6. The van der Waals surface area contributed by atoms with Gasteiger partial charge in [-0.25, -0.2) is 4.79 Å². The lowest BCUT2D eigenvalue weighted by Crippen LogP contribution is -2.37. The minimum absolute atomic E-state index is 0.316.